The van der Waals surface area contributed by atoms with Gasteiger partial charge in [0.15, 0.2) is 0 Å². The summed E-state index contributed by atoms with van der Waals surface area (Å²) < 4.78 is 0. The topological polar surface area (TPSA) is 0 Å². The quantitative estimate of drug-likeness (QED) is 0.116. The van der Waals surface area contributed by atoms with Gasteiger partial charge in [0.2, 0.25) is 0 Å². The molecule has 0 aliphatic carbocycles. The van der Waals surface area contributed by atoms with E-state index in [-0.39, 0.29) is 39.7 Å². The first kappa shape index (κ1) is 42.9. The van der Waals surface area contributed by atoms with Crippen LogP contribution in [0.3, 0.4) is 0 Å². The van der Waals surface area contributed by atoms with Crippen molar-refractivity contribution in [3.05, 3.63) is 172 Å². The summed E-state index contributed by atoms with van der Waals surface area (Å²) in [5.41, 5.74) is 8.25. The number of hydrogen-bond donors (Lipinski definition) is 0. The summed E-state index contributed by atoms with van der Waals surface area (Å²) in [5.74, 6) is 0. The van der Waals surface area contributed by atoms with E-state index in [2.05, 4.69) is 166 Å². The van der Waals surface area contributed by atoms with Crippen LogP contribution in [0.25, 0.3) is 65.3 Å². The maximum atomic E-state index is 3.06. The van der Waals surface area contributed by atoms with E-state index in [0.717, 1.165) is 12.8 Å². The Morgan fingerprint density at radius 2 is 0.760 bits per heavy atom. The standard InChI is InChI=1S/2C22H19.2CH3.2ClH.Si.Zr/c2*1-2-7-16-14-18-10-6-13-21(22(18)15-16)20-12-5-9-17-8-3-4-11-19(17)20;;;;;;/h2*3-6,8-15H,2,7H2,1H3;2*1H3;2*1H;;/q4*-1;;;;. The number of aryl methyl sites for hydroxylation is 2. The first-order chi connectivity index (χ1) is 22.7. The van der Waals surface area contributed by atoms with E-state index < -0.39 is 0 Å². The van der Waals surface area contributed by atoms with Crippen LogP contribution in [-0.4, -0.2) is 6.88 Å². The Labute approximate surface area is 329 Å². The number of fused-ring (bicyclic) bond motifs is 4. The van der Waals surface area contributed by atoms with Gasteiger partial charge in [-0.25, -0.2) is 0 Å². The summed E-state index contributed by atoms with van der Waals surface area (Å²) in [6.07, 6.45) is 4.70. The monoisotopic (exact) mass is 786 g/mol. The van der Waals surface area contributed by atoms with Gasteiger partial charge in [0.1, 0.15) is 0 Å². The molecule has 2 radical (unpaired) electrons. The second-order valence-electron chi connectivity index (χ2n) is 11.9. The minimum absolute atomic E-state index is 0. The molecule has 4 heteroatoms. The Hall–Kier alpha value is -3.26. The predicted octanol–water partition coefficient (Wildman–Crippen LogP) is 14.0. The second-order valence-corrected chi connectivity index (χ2v) is 11.9. The molecule has 0 nitrogen and oxygen atoms in total. The third-order valence-corrected chi connectivity index (χ3v) is 8.86. The van der Waals surface area contributed by atoms with Crippen molar-refractivity contribution >= 4 is 74.8 Å². The summed E-state index contributed by atoms with van der Waals surface area (Å²) in [7, 11) is 0. The van der Waals surface area contributed by atoms with Gasteiger partial charge in [0.05, 0.1) is 0 Å². The van der Waals surface area contributed by atoms with Crippen molar-refractivity contribution in [3.8, 4) is 22.3 Å². The average molecular weight is 789 g/mol. The molecule has 50 heavy (non-hydrogen) atoms. The molecule has 0 bridgehead atoms. The Kier molecular flexibility index (Phi) is 17.6. The van der Waals surface area contributed by atoms with E-state index in [1.165, 1.54) is 113 Å². The third-order valence-electron chi connectivity index (χ3n) is 8.86. The molecule has 0 saturated heterocycles. The van der Waals surface area contributed by atoms with Crippen molar-refractivity contribution < 1.29 is 23.3 Å². The Balaban J connectivity index is 0.000000307. The average Bonchev–Trinajstić information content (AvgIpc) is 3.73. The Morgan fingerprint density at radius 1 is 0.440 bits per heavy atom. The first-order valence-electron chi connectivity index (χ1n) is 16.3. The van der Waals surface area contributed by atoms with Gasteiger partial charge in [0.25, 0.3) is 0 Å². The molecule has 8 aromatic rings. The number of benzene rings is 6. The van der Waals surface area contributed by atoms with E-state index >= 15 is 0 Å². The molecular formula is C46H46Cl2SiZr-4. The van der Waals surface area contributed by atoms with E-state index in [1.54, 1.807) is 0 Å². The van der Waals surface area contributed by atoms with Crippen LogP contribution in [0.4, 0.5) is 0 Å². The summed E-state index contributed by atoms with van der Waals surface area (Å²) in [6.45, 7) is 7.54. The number of rotatable bonds is 6. The molecule has 8 aromatic carbocycles. The normalized spacial score (nSPS) is 10.0. The van der Waals surface area contributed by atoms with Crippen molar-refractivity contribution in [2.45, 2.75) is 39.5 Å². The summed E-state index contributed by atoms with van der Waals surface area (Å²) in [4.78, 5) is 0. The van der Waals surface area contributed by atoms with Gasteiger partial charge in [-0.15, -0.1) is 93.9 Å². The van der Waals surface area contributed by atoms with Crippen LogP contribution in [0.5, 0.6) is 0 Å². The zero-order chi connectivity index (χ0) is 31.9. The fourth-order valence-corrected chi connectivity index (χ4v) is 6.85. The first-order valence-corrected chi connectivity index (χ1v) is 20.5. The van der Waals surface area contributed by atoms with Gasteiger partial charge in [-0.3, -0.25) is 0 Å². The van der Waals surface area contributed by atoms with Crippen LogP contribution >= 0.6 is 24.8 Å². The second kappa shape index (κ2) is 20.6. The summed E-state index contributed by atoms with van der Waals surface area (Å²) in [6, 6.07) is 53.2. The van der Waals surface area contributed by atoms with Gasteiger partial charge < -0.3 is 14.9 Å². The van der Waals surface area contributed by atoms with E-state index in [1.807, 2.05) is 0 Å². The third kappa shape index (κ3) is 9.15. The molecule has 0 aliphatic rings. The SMILES string of the molecule is CCCc1cc2c(-c3cccc4ccccc34)cccc2[cH-]1.CCCc1cc2c(-c3cccc4ccccc34)cccc2[cH-]1.Cl.Cl.[CH3-].[CH3-].[Si]=[Zr]. The van der Waals surface area contributed by atoms with E-state index in [4.69, 9.17) is 0 Å². The van der Waals surface area contributed by atoms with Crippen LogP contribution in [0, 0.1) is 14.9 Å². The molecule has 0 saturated carbocycles. The molecule has 0 heterocycles. The molecule has 0 N–H and O–H groups in total. The van der Waals surface area contributed by atoms with Crippen molar-refractivity contribution in [3.63, 3.8) is 0 Å². The summed E-state index contributed by atoms with van der Waals surface area (Å²) in [5, 5.41) is 10.7. The van der Waals surface area contributed by atoms with Gasteiger partial charge in [0, 0.05) is 0 Å². The van der Waals surface area contributed by atoms with Crippen LogP contribution in [0.2, 0.25) is 0 Å². The minimum atomic E-state index is 0. The van der Waals surface area contributed by atoms with Crippen LogP contribution in [-0.2, 0) is 36.2 Å². The Bertz CT molecular complexity index is 2070. The zero-order valence-electron chi connectivity index (χ0n) is 29.5. The van der Waals surface area contributed by atoms with Gasteiger partial charge in [-0.1, -0.05) is 135 Å². The van der Waals surface area contributed by atoms with Gasteiger partial charge in [-0.05, 0) is 45.5 Å². The molecule has 0 atom stereocenters. The number of halogens is 2. The van der Waals surface area contributed by atoms with Crippen molar-refractivity contribution in [2.75, 3.05) is 0 Å². The molecule has 0 aliphatic heterocycles. The molecule has 0 amide bonds. The summed E-state index contributed by atoms with van der Waals surface area (Å²) >= 11 is 1.36. The van der Waals surface area contributed by atoms with Crippen molar-refractivity contribution in [1.82, 2.24) is 0 Å². The zero-order valence-corrected chi connectivity index (χ0v) is 34.6. The molecule has 0 fully saturated rings. The maximum absolute atomic E-state index is 3.06. The number of hydrogen-bond acceptors (Lipinski definition) is 0. The molecular weight excluding hydrogens is 743 g/mol. The fraction of sp³-hybridized carbons (Fsp3) is 0.130. The van der Waals surface area contributed by atoms with Crippen molar-refractivity contribution in [2.24, 2.45) is 0 Å². The van der Waals surface area contributed by atoms with Crippen molar-refractivity contribution in [1.29, 1.82) is 0 Å². The molecule has 256 valence electrons. The predicted molar refractivity (Wildman–Crippen MR) is 226 cm³/mol. The van der Waals surface area contributed by atoms with Gasteiger partial charge in [-0.2, -0.15) is 12.1 Å². The van der Waals surface area contributed by atoms with E-state index in [0.29, 0.717) is 0 Å². The van der Waals surface area contributed by atoms with Crippen LogP contribution in [0.1, 0.15) is 37.8 Å². The molecule has 0 unspecified atom stereocenters. The molecule has 0 spiro atoms. The van der Waals surface area contributed by atoms with Crippen LogP contribution in [0.15, 0.2) is 146 Å². The molecule has 0 aromatic heterocycles. The Morgan fingerprint density at radius 3 is 1.14 bits per heavy atom. The molecule has 8 rings (SSSR count). The van der Waals surface area contributed by atoms with Crippen LogP contribution < -0.4 is 0 Å². The van der Waals surface area contributed by atoms with E-state index in [9.17, 15) is 0 Å². The fourth-order valence-electron chi connectivity index (χ4n) is 6.85. The van der Waals surface area contributed by atoms with Gasteiger partial charge >= 0.3 is 30.2 Å².